The van der Waals surface area contributed by atoms with Gasteiger partial charge in [0.15, 0.2) is 14.1 Å². The number of methoxy groups -OCH3 is 1. The molecular formula is C50H79N5O10Si2. The topological polar surface area (TPSA) is 183 Å². The van der Waals surface area contributed by atoms with Crippen LogP contribution in [0.5, 0.6) is 11.5 Å². The highest BCUT2D eigenvalue weighted by molar-refractivity contribution is 6.78. The molecule has 1 aliphatic heterocycles. The van der Waals surface area contributed by atoms with Crippen molar-refractivity contribution in [2.24, 2.45) is 11.3 Å². The number of carbonyl (C=O) groups excluding carboxylic acids is 5. The van der Waals surface area contributed by atoms with E-state index in [-0.39, 0.29) is 69.4 Å². The van der Waals surface area contributed by atoms with Gasteiger partial charge in [-0.15, -0.1) is 0 Å². The molecule has 15 nitrogen and oxygen atoms in total. The van der Waals surface area contributed by atoms with Crippen LogP contribution in [-0.2, 0) is 30.1 Å². The summed E-state index contributed by atoms with van der Waals surface area (Å²) in [7, 11) is -3.07. The lowest BCUT2D eigenvalue weighted by molar-refractivity contribution is -0.128. The third kappa shape index (κ3) is 13.6. The summed E-state index contributed by atoms with van der Waals surface area (Å²) >= 11 is 0. The summed E-state index contributed by atoms with van der Waals surface area (Å²) in [5, 5.41) is 10.9. The second kappa shape index (κ2) is 22.5. The van der Waals surface area contributed by atoms with E-state index in [4.69, 9.17) is 23.1 Å². The molecule has 4 N–H and O–H groups in total. The number of nitrogens with zero attached hydrogens (tertiary/aromatic N) is 1. The predicted octanol–water partition coefficient (Wildman–Crippen LogP) is 10.4. The van der Waals surface area contributed by atoms with E-state index in [1.165, 1.54) is 13.0 Å². The molecule has 1 heterocycles. The summed E-state index contributed by atoms with van der Waals surface area (Å²) in [6.45, 7) is 33.7. The summed E-state index contributed by atoms with van der Waals surface area (Å²) in [6, 6.07) is 8.14. The monoisotopic (exact) mass is 966 g/mol. The van der Waals surface area contributed by atoms with E-state index in [9.17, 15) is 24.0 Å². The fourth-order valence-corrected chi connectivity index (χ4v) is 15.1. The summed E-state index contributed by atoms with van der Waals surface area (Å²) in [5.74, 6) is -0.645. The van der Waals surface area contributed by atoms with Crippen LogP contribution in [0, 0.1) is 11.3 Å². The van der Waals surface area contributed by atoms with Crippen LogP contribution in [0.4, 0.5) is 21.0 Å². The highest BCUT2D eigenvalue weighted by atomic mass is 28.4. The minimum absolute atomic E-state index is 0.00915. The van der Waals surface area contributed by atoms with Crippen molar-refractivity contribution in [1.82, 2.24) is 15.5 Å². The van der Waals surface area contributed by atoms with Gasteiger partial charge in [-0.3, -0.25) is 19.7 Å². The van der Waals surface area contributed by atoms with Crippen LogP contribution in [0.1, 0.15) is 118 Å². The van der Waals surface area contributed by atoms with Crippen LogP contribution in [-0.4, -0.2) is 96.4 Å². The van der Waals surface area contributed by atoms with Crippen molar-refractivity contribution >= 4 is 57.9 Å². The number of alkyl carbamates (subject to hydrolysis) is 1. The van der Waals surface area contributed by atoms with Crippen molar-refractivity contribution < 1.29 is 47.0 Å². The minimum atomic E-state index is -2.52. The Morgan fingerprint density at radius 3 is 1.97 bits per heavy atom. The summed E-state index contributed by atoms with van der Waals surface area (Å²) in [6.07, 6.45) is 2.87. The molecule has 67 heavy (non-hydrogen) atoms. The van der Waals surface area contributed by atoms with Crippen molar-refractivity contribution in [3.63, 3.8) is 0 Å². The number of hydrogen-bond donors (Lipinski definition) is 4. The van der Waals surface area contributed by atoms with Crippen molar-refractivity contribution in [3.05, 3.63) is 60.2 Å². The number of nitrogens with one attached hydrogen (secondary N) is 4. The molecular weight excluding hydrogens is 887 g/mol. The summed E-state index contributed by atoms with van der Waals surface area (Å²) in [5.41, 5.74) is 2.44. The number of anilines is 2. The number of likely N-dealkylation sites (tertiary alicyclic amines) is 1. The molecule has 1 aliphatic carbocycles. The predicted molar refractivity (Wildman–Crippen MR) is 269 cm³/mol. The molecule has 0 bridgehead atoms. The van der Waals surface area contributed by atoms with Crippen LogP contribution >= 0.6 is 0 Å². The van der Waals surface area contributed by atoms with Gasteiger partial charge in [-0.25, -0.2) is 9.59 Å². The largest absolute Gasteiger partial charge is 0.540 e. The average Bonchev–Trinajstić information content (AvgIpc) is 3.91. The van der Waals surface area contributed by atoms with E-state index in [1.807, 2.05) is 4.90 Å². The Bertz CT molecular complexity index is 2060. The fraction of sp³-hybridized carbons (Fsp3) is 0.620. The number of rotatable bonds is 21. The van der Waals surface area contributed by atoms with Gasteiger partial charge in [0.25, 0.3) is 14.2 Å². The van der Waals surface area contributed by atoms with E-state index >= 15 is 0 Å². The zero-order valence-corrected chi connectivity index (χ0v) is 44.8. The van der Waals surface area contributed by atoms with Crippen molar-refractivity contribution in [2.45, 2.75) is 162 Å². The van der Waals surface area contributed by atoms with Crippen LogP contribution in [0.15, 0.2) is 49.1 Å². The Morgan fingerprint density at radius 1 is 0.836 bits per heavy atom. The Morgan fingerprint density at radius 2 is 1.45 bits per heavy atom. The molecule has 2 aromatic rings. The lowest BCUT2D eigenvalue weighted by atomic mass is 10.0. The SMILES string of the molecule is C=CCOC(=O)NC(C(=O)NC(C)C(=O)Nc1ccc(COC(=O)Nc2cc(O[Si](C(C)C)(C(C)C)C(C)C)c(OC)cc2C(=O)N2CC3(CC3)C[C@H]2CO[Si](C)(C)C(C)(C)C)cc1)C(C)C. The van der Waals surface area contributed by atoms with Gasteiger partial charge in [-0.1, -0.05) is 101 Å². The van der Waals surface area contributed by atoms with Crippen molar-refractivity contribution in [3.8, 4) is 11.5 Å². The molecule has 2 unspecified atom stereocenters. The molecule has 4 rings (SSSR count). The number of amides is 5. The molecule has 372 valence electrons. The first-order valence-electron chi connectivity index (χ1n) is 23.7. The number of hydrogen-bond acceptors (Lipinski definition) is 10. The molecule has 1 saturated carbocycles. The summed E-state index contributed by atoms with van der Waals surface area (Å²) < 4.78 is 30.5. The molecule has 3 atom stereocenters. The van der Waals surface area contributed by atoms with E-state index in [0.29, 0.717) is 35.9 Å². The Balaban J connectivity index is 1.54. The van der Waals surface area contributed by atoms with Gasteiger partial charge < -0.3 is 43.9 Å². The molecule has 5 amide bonds. The number of ether oxygens (including phenoxy) is 3. The van der Waals surface area contributed by atoms with Gasteiger partial charge >= 0.3 is 12.2 Å². The minimum Gasteiger partial charge on any atom is -0.540 e. The van der Waals surface area contributed by atoms with Gasteiger partial charge in [0.1, 0.15) is 31.0 Å². The first kappa shape index (κ1) is 54.7. The molecule has 1 spiro atoms. The first-order valence-corrected chi connectivity index (χ1v) is 28.8. The second-order valence-electron chi connectivity index (χ2n) is 21.2. The number of carbonyl (C=O) groups is 5. The van der Waals surface area contributed by atoms with Crippen LogP contribution in [0.3, 0.4) is 0 Å². The lowest BCUT2D eigenvalue weighted by Gasteiger charge is -2.42. The van der Waals surface area contributed by atoms with Gasteiger partial charge in [-0.2, -0.15) is 0 Å². The van der Waals surface area contributed by atoms with Gasteiger partial charge in [-0.05, 0) is 96.0 Å². The molecule has 2 aliphatic rings. The maximum absolute atomic E-state index is 14.9. The van der Waals surface area contributed by atoms with Gasteiger partial charge in [0, 0.05) is 18.3 Å². The van der Waals surface area contributed by atoms with Crippen LogP contribution in [0.2, 0.25) is 34.8 Å². The zero-order valence-electron chi connectivity index (χ0n) is 42.8. The first-order chi connectivity index (χ1) is 31.2. The van der Waals surface area contributed by atoms with Crippen molar-refractivity contribution in [1.29, 1.82) is 0 Å². The van der Waals surface area contributed by atoms with Crippen molar-refractivity contribution in [2.75, 3.05) is 37.5 Å². The molecule has 2 aromatic carbocycles. The van der Waals surface area contributed by atoms with Crippen LogP contribution < -0.4 is 30.4 Å². The van der Waals surface area contributed by atoms with E-state index in [2.05, 4.69) is 103 Å². The van der Waals surface area contributed by atoms with E-state index in [0.717, 1.165) is 19.3 Å². The standard InChI is InChI=1S/C50H79N5O10Si2/c1-17-24-62-48(60)54-43(31(2)3)45(57)51-35(10)44(56)52-37-20-18-36(19-21-37)28-63-47(59)53-40-26-42(65-67(32(4)5,33(6)7)34(8)9)41(61-14)25-39(40)46(58)55-30-50(22-23-50)27-38(55)29-64-66(15,16)49(11,12)13/h17-21,25-26,31-35,38,43H,1,22-24,27-30H2,2-16H3,(H,51,57)(H,52,56)(H,53,59)(H,54,60)/t35?,38-,43?/m0/s1. The lowest BCUT2D eigenvalue weighted by Crippen LogP contribution is -2.53. The highest BCUT2D eigenvalue weighted by Crippen LogP contribution is 2.56. The third-order valence-corrected chi connectivity index (χ3v) is 24.4. The maximum Gasteiger partial charge on any atom is 0.411 e. The average molecular weight is 966 g/mol. The highest BCUT2D eigenvalue weighted by Gasteiger charge is 2.54. The normalized spacial score (nSPS) is 16.7. The molecule has 17 heteroatoms. The Hall–Kier alpha value is -4.88. The smallest absolute Gasteiger partial charge is 0.411 e. The second-order valence-corrected chi connectivity index (χ2v) is 31.4. The zero-order chi connectivity index (χ0) is 50.2. The van der Waals surface area contributed by atoms with E-state index in [1.54, 1.807) is 57.4 Å². The number of benzene rings is 2. The molecule has 2 fully saturated rings. The van der Waals surface area contributed by atoms with Gasteiger partial charge in [0.05, 0.1) is 31.0 Å². The summed E-state index contributed by atoms with van der Waals surface area (Å²) in [4.78, 5) is 68.8. The quantitative estimate of drug-likeness (QED) is 0.0694. The Labute approximate surface area is 401 Å². The van der Waals surface area contributed by atoms with Gasteiger partial charge in [0.2, 0.25) is 11.8 Å². The molecule has 0 aromatic heterocycles. The fourth-order valence-electron chi connectivity index (χ4n) is 8.83. The maximum atomic E-state index is 14.9. The van der Waals surface area contributed by atoms with Crippen LogP contribution in [0.25, 0.3) is 0 Å². The Kier molecular flexibility index (Phi) is 18.4. The van der Waals surface area contributed by atoms with E-state index < -0.39 is 52.7 Å². The third-order valence-electron chi connectivity index (χ3n) is 13.9. The molecule has 1 saturated heterocycles. The molecule has 0 radical (unpaired) electrons.